The monoisotopic (exact) mass is 400 g/mol. The molecule has 0 aromatic heterocycles. The number of carbonyl (C=O) groups excluding carboxylic acids is 1. The van der Waals surface area contributed by atoms with Gasteiger partial charge in [-0.05, 0) is 17.7 Å². The highest BCUT2D eigenvalue weighted by molar-refractivity contribution is 6.56. The summed E-state index contributed by atoms with van der Waals surface area (Å²) in [6, 6.07) is 3.78. The quantitative estimate of drug-likeness (QED) is 0.324. The number of hydrogen-bond acceptors (Lipinski definition) is 2. The number of ether oxygens (including phenoxy) is 1. The molecule has 0 aliphatic heterocycles. The first-order chi connectivity index (χ1) is 10.3. The second-order valence-electron chi connectivity index (χ2n) is 4.13. The van der Waals surface area contributed by atoms with Gasteiger partial charge >= 0.3 is 5.97 Å². The molecular formula is C14H6Cl5FO2. The molecule has 2 nitrogen and oxygen atoms in total. The number of hydrogen-bond donors (Lipinski definition) is 0. The zero-order valence-corrected chi connectivity index (χ0v) is 14.6. The van der Waals surface area contributed by atoms with E-state index in [9.17, 15) is 9.18 Å². The number of methoxy groups -OCH3 is 1. The highest BCUT2D eigenvalue weighted by Gasteiger charge is 2.22. The van der Waals surface area contributed by atoms with Gasteiger partial charge in [0.25, 0.3) is 0 Å². The fourth-order valence-electron chi connectivity index (χ4n) is 1.80. The van der Waals surface area contributed by atoms with Gasteiger partial charge in [0, 0.05) is 5.56 Å². The highest BCUT2D eigenvalue weighted by Crippen LogP contribution is 2.48. The van der Waals surface area contributed by atoms with Crippen LogP contribution in [0.15, 0.2) is 18.2 Å². The predicted octanol–water partition coefficient (Wildman–Crippen LogP) is 6.55. The van der Waals surface area contributed by atoms with E-state index in [4.69, 9.17) is 58.0 Å². The van der Waals surface area contributed by atoms with E-state index in [0.717, 1.165) is 13.2 Å². The van der Waals surface area contributed by atoms with Crippen LogP contribution in [-0.4, -0.2) is 13.1 Å². The van der Waals surface area contributed by atoms with E-state index in [1.807, 2.05) is 0 Å². The highest BCUT2D eigenvalue weighted by atomic mass is 35.5. The molecule has 2 aromatic rings. The smallest absolute Gasteiger partial charge is 0.340 e. The molecule has 2 aromatic carbocycles. The standard InChI is InChI=1S/C14H6Cl5FO2/c1-22-14(21)6-3-2-5(4-7(6)20)8-9(15)11(17)13(19)12(18)10(8)16/h2-4H,1H3. The lowest BCUT2D eigenvalue weighted by Gasteiger charge is -2.13. The molecule has 2 rings (SSSR count). The summed E-state index contributed by atoms with van der Waals surface area (Å²) in [7, 11) is 1.15. The maximum absolute atomic E-state index is 14.0. The van der Waals surface area contributed by atoms with Crippen molar-refractivity contribution >= 4 is 64.0 Å². The van der Waals surface area contributed by atoms with Crippen molar-refractivity contribution < 1.29 is 13.9 Å². The molecular weight excluding hydrogens is 396 g/mol. The third-order valence-corrected chi connectivity index (χ3v) is 5.15. The lowest BCUT2D eigenvalue weighted by atomic mass is 10.0. The molecule has 0 N–H and O–H groups in total. The van der Waals surface area contributed by atoms with Crippen LogP contribution < -0.4 is 0 Å². The zero-order valence-electron chi connectivity index (χ0n) is 10.8. The average molecular weight is 402 g/mol. The van der Waals surface area contributed by atoms with Crippen LogP contribution in [0.3, 0.4) is 0 Å². The maximum atomic E-state index is 14.0. The fraction of sp³-hybridized carbons (Fsp3) is 0.0714. The Morgan fingerprint density at radius 1 is 0.955 bits per heavy atom. The molecule has 0 saturated heterocycles. The SMILES string of the molecule is COC(=O)c1ccc(-c2c(Cl)c(Cl)c(Cl)c(Cl)c2Cl)cc1F. The Morgan fingerprint density at radius 3 is 1.91 bits per heavy atom. The van der Waals surface area contributed by atoms with Crippen LogP contribution in [0, 0.1) is 5.82 Å². The molecule has 8 heteroatoms. The number of benzene rings is 2. The van der Waals surface area contributed by atoms with E-state index in [2.05, 4.69) is 4.74 Å². The Hall–Kier alpha value is -0.710. The van der Waals surface area contributed by atoms with Crippen LogP contribution in [0.2, 0.25) is 25.1 Å². The Kier molecular flexibility index (Phi) is 5.46. The molecule has 0 bridgehead atoms. The first kappa shape index (κ1) is 17.6. The van der Waals surface area contributed by atoms with Gasteiger partial charge in [0.1, 0.15) is 5.82 Å². The third-order valence-electron chi connectivity index (χ3n) is 2.87. The largest absolute Gasteiger partial charge is 0.465 e. The molecule has 0 spiro atoms. The summed E-state index contributed by atoms with van der Waals surface area (Å²) >= 11 is 30.1. The van der Waals surface area contributed by atoms with Crippen LogP contribution in [0.1, 0.15) is 10.4 Å². The van der Waals surface area contributed by atoms with Gasteiger partial charge in [0.05, 0.1) is 37.8 Å². The van der Waals surface area contributed by atoms with Crippen molar-refractivity contribution in [3.8, 4) is 11.1 Å². The lowest BCUT2D eigenvalue weighted by molar-refractivity contribution is 0.0595. The van der Waals surface area contributed by atoms with E-state index in [1.54, 1.807) is 0 Å². The van der Waals surface area contributed by atoms with E-state index < -0.39 is 11.8 Å². The number of rotatable bonds is 2. The summed E-state index contributed by atoms with van der Waals surface area (Å²) in [5.74, 6) is -1.59. The molecule has 0 aliphatic carbocycles. The van der Waals surface area contributed by atoms with Crippen molar-refractivity contribution in [1.82, 2.24) is 0 Å². The van der Waals surface area contributed by atoms with Gasteiger partial charge in [-0.3, -0.25) is 0 Å². The summed E-state index contributed by atoms with van der Waals surface area (Å²) in [6.07, 6.45) is 0. The summed E-state index contributed by atoms with van der Waals surface area (Å²) in [4.78, 5) is 11.4. The van der Waals surface area contributed by atoms with Gasteiger partial charge in [-0.25, -0.2) is 9.18 Å². The molecule has 22 heavy (non-hydrogen) atoms. The van der Waals surface area contributed by atoms with Crippen LogP contribution in [0.25, 0.3) is 11.1 Å². The van der Waals surface area contributed by atoms with Crippen LogP contribution >= 0.6 is 58.0 Å². The minimum atomic E-state index is -0.798. The Labute approximate surface area is 150 Å². The topological polar surface area (TPSA) is 26.3 Å². The van der Waals surface area contributed by atoms with Crippen molar-refractivity contribution in [2.45, 2.75) is 0 Å². The van der Waals surface area contributed by atoms with Gasteiger partial charge < -0.3 is 4.74 Å². The number of halogens is 6. The van der Waals surface area contributed by atoms with Gasteiger partial charge in [-0.15, -0.1) is 0 Å². The van der Waals surface area contributed by atoms with Crippen LogP contribution in [-0.2, 0) is 4.74 Å². The van der Waals surface area contributed by atoms with Gasteiger partial charge in [-0.1, -0.05) is 64.1 Å². The van der Waals surface area contributed by atoms with E-state index >= 15 is 0 Å². The van der Waals surface area contributed by atoms with Crippen molar-refractivity contribution in [2.75, 3.05) is 7.11 Å². The number of carbonyl (C=O) groups is 1. The zero-order chi connectivity index (χ0) is 16.6. The molecule has 0 atom stereocenters. The van der Waals surface area contributed by atoms with Crippen LogP contribution in [0.5, 0.6) is 0 Å². The molecule has 0 saturated carbocycles. The van der Waals surface area contributed by atoms with Gasteiger partial charge in [-0.2, -0.15) is 0 Å². The predicted molar refractivity (Wildman–Crippen MR) is 88.2 cm³/mol. The summed E-state index contributed by atoms with van der Waals surface area (Å²) in [5.41, 5.74) is 0.295. The summed E-state index contributed by atoms with van der Waals surface area (Å²) < 4.78 is 18.5. The molecule has 0 fully saturated rings. The van der Waals surface area contributed by atoms with E-state index in [1.165, 1.54) is 12.1 Å². The molecule has 0 radical (unpaired) electrons. The molecule has 0 amide bonds. The normalized spacial score (nSPS) is 10.7. The van der Waals surface area contributed by atoms with Crippen molar-refractivity contribution in [3.63, 3.8) is 0 Å². The summed E-state index contributed by atoms with van der Waals surface area (Å²) in [6.45, 7) is 0. The van der Waals surface area contributed by atoms with Crippen molar-refractivity contribution in [2.24, 2.45) is 0 Å². The minimum absolute atomic E-state index is 0.00480. The number of esters is 1. The molecule has 0 aliphatic rings. The first-order valence-corrected chi connectivity index (χ1v) is 7.58. The van der Waals surface area contributed by atoms with Crippen LogP contribution in [0.4, 0.5) is 4.39 Å². The third kappa shape index (κ3) is 3.01. The van der Waals surface area contributed by atoms with Crippen molar-refractivity contribution in [1.29, 1.82) is 0 Å². The van der Waals surface area contributed by atoms with Gasteiger partial charge in [0.2, 0.25) is 0 Å². The molecule has 0 unspecified atom stereocenters. The second-order valence-corrected chi connectivity index (χ2v) is 6.02. The second kappa shape index (κ2) is 6.81. The average Bonchev–Trinajstić information content (AvgIpc) is 2.50. The van der Waals surface area contributed by atoms with Gasteiger partial charge in [0.15, 0.2) is 0 Å². The van der Waals surface area contributed by atoms with E-state index in [-0.39, 0.29) is 36.2 Å². The fourth-order valence-corrected chi connectivity index (χ4v) is 3.16. The lowest BCUT2D eigenvalue weighted by Crippen LogP contribution is -2.04. The van der Waals surface area contributed by atoms with Crippen molar-refractivity contribution in [3.05, 3.63) is 54.7 Å². The Balaban J connectivity index is 2.68. The first-order valence-electron chi connectivity index (χ1n) is 5.69. The minimum Gasteiger partial charge on any atom is -0.465 e. The maximum Gasteiger partial charge on any atom is 0.340 e. The molecule has 116 valence electrons. The summed E-state index contributed by atoms with van der Waals surface area (Å²) in [5, 5.41) is 0.0849. The Morgan fingerprint density at radius 2 is 1.45 bits per heavy atom. The molecule has 0 heterocycles. The Bertz CT molecular complexity index is 747. The van der Waals surface area contributed by atoms with E-state index in [0.29, 0.717) is 5.56 Å².